The number of carboxylic acids is 1. The van der Waals surface area contributed by atoms with E-state index in [9.17, 15) is 9.59 Å². The predicted molar refractivity (Wildman–Crippen MR) is 100 cm³/mol. The minimum absolute atomic E-state index is 0.0528. The van der Waals surface area contributed by atoms with Gasteiger partial charge in [0.15, 0.2) is 11.9 Å². The number of carbonyl (C=O) groups is 2. The Balaban J connectivity index is 2.21. The number of methoxy groups -OCH3 is 1. The Morgan fingerprint density at radius 1 is 1.12 bits per heavy atom. The van der Waals surface area contributed by atoms with E-state index in [0.717, 1.165) is 0 Å². The Kier molecular flexibility index (Phi) is 6.58. The third-order valence-electron chi connectivity index (χ3n) is 3.32. The molecule has 138 valence electrons. The maximum Gasteiger partial charge on any atom is 0.335 e. The fourth-order valence-electron chi connectivity index (χ4n) is 2.07. The molecule has 0 fully saturated rings. The lowest BCUT2D eigenvalue weighted by molar-refractivity contribution is -0.122. The maximum atomic E-state index is 12.4. The van der Waals surface area contributed by atoms with Crippen LogP contribution >= 0.6 is 34.8 Å². The van der Waals surface area contributed by atoms with E-state index in [0.29, 0.717) is 5.02 Å². The second-order valence-electron chi connectivity index (χ2n) is 5.17. The molecule has 0 radical (unpaired) electrons. The summed E-state index contributed by atoms with van der Waals surface area (Å²) in [4.78, 5) is 23.6. The minimum atomic E-state index is -1.19. The van der Waals surface area contributed by atoms with Crippen molar-refractivity contribution in [2.24, 2.45) is 0 Å². The van der Waals surface area contributed by atoms with Gasteiger partial charge in [0.1, 0.15) is 5.75 Å². The summed E-state index contributed by atoms with van der Waals surface area (Å²) >= 11 is 17.8. The Labute approximate surface area is 164 Å². The van der Waals surface area contributed by atoms with Crippen LogP contribution < -0.4 is 14.8 Å². The molecule has 0 bridgehead atoms. The number of carbonyl (C=O) groups excluding carboxylic acids is 1. The van der Waals surface area contributed by atoms with Gasteiger partial charge in [-0.2, -0.15) is 0 Å². The number of rotatable bonds is 6. The molecule has 2 aromatic rings. The van der Waals surface area contributed by atoms with Gasteiger partial charge in [-0.1, -0.05) is 34.8 Å². The molecule has 0 spiro atoms. The van der Waals surface area contributed by atoms with Crippen molar-refractivity contribution in [1.29, 1.82) is 0 Å². The molecule has 0 heterocycles. The third kappa shape index (κ3) is 4.72. The quantitative estimate of drug-likeness (QED) is 0.706. The number of nitrogens with one attached hydrogen (secondary N) is 1. The van der Waals surface area contributed by atoms with Crippen LogP contribution in [0.25, 0.3) is 0 Å². The van der Waals surface area contributed by atoms with Crippen LogP contribution in [-0.2, 0) is 4.79 Å². The van der Waals surface area contributed by atoms with E-state index in [1.54, 1.807) is 6.07 Å². The maximum absolute atomic E-state index is 12.4. The highest BCUT2D eigenvalue weighted by molar-refractivity contribution is 6.35. The molecule has 6 nitrogen and oxygen atoms in total. The average molecular weight is 419 g/mol. The molecule has 0 aliphatic heterocycles. The Bertz CT molecular complexity index is 857. The molecule has 9 heteroatoms. The number of anilines is 1. The van der Waals surface area contributed by atoms with Gasteiger partial charge in [-0.05, 0) is 37.3 Å². The van der Waals surface area contributed by atoms with Gasteiger partial charge in [0.2, 0.25) is 0 Å². The first-order chi connectivity index (χ1) is 12.2. The van der Waals surface area contributed by atoms with Gasteiger partial charge < -0.3 is 19.9 Å². The largest absolute Gasteiger partial charge is 0.493 e. The van der Waals surface area contributed by atoms with Gasteiger partial charge in [0, 0.05) is 5.02 Å². The van der Waals surface area contributed by atoms with Crippen molar-refractivity contribution >= 4 is 52.4 Å². The molecule has 1 amide bonds. The summed E-state index contributed by atoms with van der Waals surface area (Å²) in [5.74, 6) is -1.32. The lowest BCUT2D eigenvalue weighted by Crippen LogP contribution is -2.30. The van der Waals surface area contributed by atoms with Crippen LogP contribution in [0.3, 0.4) is 0 Å². The van der Waals surface area contributed by atoms with Crippen molar-refractivity contribution in [2.45, 2.75) is 13.0 Å². The van der Waals surface area contributed by atoms with E-state index < -0.39 is 18.0 Å². The van der Waals surface area contributed by atoms with E-state index >= 15 is 0 Å². The number of aromatic carboxylic acids is 1. The number of hydrogen-bond acceptors (Lipinski definition) is 4. The second kappa shape index (κ2) is 8.49. The van der Waals surface area contributed by atoms with Gasteiger partial charge >= 0.3 is 5.97 Å². The first-order valence-electron chi connectivity index (χ1n) is 7.26. The van der Waals surface area contributed by atoms with Crippen LogP contribution in [0.5, 0.6) is 11.5 Å². The van der Waals surface area contributed by atoms with E-state index in [1.807, 2.05) is 0 Å². The fourth-order valence-corrected chi connectivity index (χ4v) is 2.82. The SMILES string of the molecule is COc1c(Cl)cc(C(=O)O)cc1NC(=O)[C@H](C)Oc1ccc(Cl)cc1Cl. The molecule has 1 atom stereocenters. The van der Waals surface area contributed by atoms with Crippen LogP contribution in [-0.4, -0.2) is 30.2 Å². The molecule has 0 aromatic heterocycles. The van der Waals surface area contributed by atoms with Crippen LogP contribution in [0.1, 0.15) is 17.3 Å². The molecule has 2 aromatic carbocycles. The van der Waals surface area contributed by atoms with Crippen LogP contribution in [0.15, 0.2) is 30.3 Å². The molecular weight excluding hydrogens is 405 g/mol. The van der Waals surface area contributed by atoms with E-state index in [1.165, 1.54) is 38.3 Å². The highest BCUT2D eigenvalue weighted by Crippen LogP contribution is 2.35. The number of halogens is 3. The monoisotopic (exact) mass is 417 g/mol. The molecule has 2 N–H and O–H groups in total. The van der Waals surface area contributed by atoms with Crippen molar-refractivity contribution in [3.8, 4) is 11.5 Å². The summed E-state index contributed by atoms with van der Waals surface area (Å²) in [6.07, 6.45) is -0.939. The standard InChI is InChI=1S/C17H14Cl3NO5/c1-8(26-14-4-3-10(18)7-11(14)19)16(22)21-13-6-9(17(23)24)5-12(20)15(13)25-2/h3-8H,1-2H3,(H,21,22)(H,23,24)/t8-/m0/s1. The number of hydrogen-bond donors (Lipinski definition) is 2. The summed E-state index contributed by atoms with van der Waals surface area (Å²) in [5.41, 5.74) is 0.0143. The highest BCUT2D eigenvalue weighted by Gasteiger charge is 2.21. The summed E-state index contributed by atoms with van der Waals surface area (Å²) in [5, 5.41) is 12.4. The lowest BCUT2D eigenvalue weighted by atomic mass is 10.1. The molecule has 0 unspecified atom stereocenters. The van der Waals surface area contributed by atoms with Crippen LogP contribution in [0.2, 0.25) is 15.1 Å². The fraction of sp³-hybridized carbons (Fsp3) is 0.176. The molecule has 0 aliphatic rings. The van der Waals surface area contributed by atoms with Crippen molar-refractivity contribution in [3.63, 3.8) is 0 Å². The zero-order valence-electron chi connectivity index (χ0n) is 13.7. The van der Waals surface area contributed by atoms with Crippen molar-refractivity contribution in [3.05, 3.63) is 51.0 Å². The molecular formula is C17H14Cl3NO5. The van der Waals surface area contributed by atoms with Crippen molar-refractivity contribution in [2.75, 3.05) is 12.4 Å². The molecule has 0 saturated carbocycles. The Hall–Kier alpha value is -2.15. The first kappa shape index (κ1) is 20.2. The number of ether oxygens (including phenoxy) is 2. The minimum Gasteiger partial charge on any atom is -0.493 e. The Morgan fingerprint density at radius 3 is 2.38 bits per heavy atom. The van der Waals surface area contributed by atoms with E-state index in [4.69, 9.17) is 49.4 Å². The van der Waals surface area contributed by atoms with Gasteiger partial charge in [0.05, 0.1) is 28.4 Å². The van der Waals surface area contributed by atoms with Crippen molar-refractivity contribution < 1.29 is 24.2 Å². The first-order valence-corrected chi connectivity index (χ1v) is 8.39. The smallest absolute Gasteiger partial charge is 0.335 e. The van der Waals surface area contributed by atoms with E-state index in [2.05, 4.69) is 5.32 Å². The van der Waals surface area contributed by atoms with Gasteiger partial charge in [-0.15, -0.1) is 0 Å². The summed E-state index contributed by atoms with van der Waals surface area (Å²) in [7, 11) is 1.35. The molecule has 0 saturated heterocycles. The average Bonchev–Trinajstić information content (AvgIpc) is 2.56. The third-order valence-corrected chi connectivity index (χ3v) is 4.13. The Morgan fingerprint density at radius 2 is 1.81 bits per heavy atom. The van der Waals surface area contributed by atoms with E-state index in [-0.39, 0.29) is 32.8 Å². The molecule has 26 heavy (non-hydrogen) atoms. The number of benzene rings is 2. The van der Waals surface area contributed by atoms with Crippen LogP contribution in [0, 0.1) is 0 Å². The van der Waals surface area contributed by atoms with Gasteiger partial charge in [0.25, 0.3) is 5.91 Å². The summed E-state index contributed by atoms with van der Waals surface area (Å²) in [6.45, 7) is 1.51. The number of carboxylic acid groups (broad SMARTS) is 1. The number of amides is 1. The van der Waals surface area contributed by atoms with Gasteiger partial charge in [-0.3, -0.25) is 4.79 Å². The lowest BCUT2D eigenvalue weighted by Gasteiger charge is -2.17. The van der Waals surface area contributed by atoms with Crippen LogP contribution in [0.4, 0.5) is 5.69 Å². The molecule has 2 rings (SSSR count). The topological polar surface area (TPSA) is 84.9 Å². The molecule has 0 aliphatic carbocycles. The zero-order valence-corrected chi connectivity index (χ0v) is 15.9. The highest BCUT2D eigenvalue weighted by atomic mass is 35.5. The predicted octanol–water partition coefficient (Wildman–Crippen LogP) is 4.76. The zero-order chi connectivity index (χ0) is 19.4. The summed E-state index contributed by atoms with van der Waals surface area (Å²) in [6, 6.07) is 7.07. The van der Waals surface area contributed by atoms with Crippen molar-refractivity contribution in [1.82, 2.24) is 0 Å². The summed E-state index contributed by atoms with van der Waals surface area (Å²) < 4.78 is 10.6. The van der Waals surface area contributed by atoms with Gasteiger partial charge in [-0.25, -0.2) is 4.79 Å². The normalized spacial score (nSPS) is 11.6. The second-order valence-corrected chi connectivity index (χ2v) is 6.42.